The van der Waals surface area contributed by atoms with Gasteiger partial charge in [0.15, 0.2) is 0 Å². The molecule has 1 aromatic carbocycles. The predicted molar refractivity (Wildman–Crippen MR) is 153 cm³/mol. The molecule has 1 N–H and O–H groups in total. The molecular weight excluding hydrogens is 508 g/mol. The summed E-state index contributed by atoms with van der Waals surface area (Å²) >= 11 is 1.62. The highest BCUT2D eigenvalue weighted by Crippen LogP contribution is 2.30. The number of hydrogen-bond acceptors (Lipinski definition) is 6. The highest BCUT2D eigenvalue weighted by molar-refractivity contribution is 7.13. The van der Waals surface area contributed by atoms with Crippen molar-refractivity contribution in [1.29, 1.82) is 0 Å². The minimum atomic E-state index is -0.496. The zero-order valence-electron chi connectivity index (χ0n) is 22.7. The third-order valence-electron chi connectivity index (χ3n) is 7.38. The maximum absolute atomic E-state index is 13.8. The molecule has 1 aliphatic rings. The smallest absolute Gasteiger partial charge is 0.248 e. The van der Waals surface area contributed by atoms with Crippen molar-refractivity contribution in [2.24, 2.45) is 5.92 Å². The van der Waals surface area contributed by atoms with Gasteiger partial charge in [0.1, 0.15) is 12.1 Å². The van der Waals surface area contributed by atoms with Gasteiger partial charge in [0.2, 0.25) is 11.8 Å². The van der Waals surface area contributed by atoms with E-state index in [0.717, 1.165) is 39.2 Å². The summed E-state index contributed by atoms with van der Waals surface area (Å²) in [6.45, 7) is 8.57. The molecule has 1 saturated heterocycles. The summed E-state index contributed by atoms with van der Waals surface area (Å²) in [6.07, 6.45) is 8.61. The molecule has 2 amide bonds. The van der Waals surface area contributed by atoms with E-state index in [1.807, 2.05) is 63.7 Å². The normalized spacial score (nSPS) is 16.8. The number of thiazole rings is 1. The van der Waals surface area contributed by atoms with Crippen LogP contribution in [-0.4, -0.2) is 49.0 Å². The van der Waals surface area contributed by atoms with Crippen molar-refractivity contribution in [1.82, 2.24) is 30.0 Å². The highest BCUT2D eigenvalue weighted by atomic mass is 32.1. The van der Waals surface area contributed by atoms with Gasteiger partial charge in [-0.2, -0.15) is 5.10 Å². The van der Waals surface area contributed by atoms with Gasteiger partial charge in [-0.25, -0.2) is 4.98 Å². The SMILES string of the molecule is Cc1ncsc1-c1ccc([C@H](C)NC(=O)[C@@H]2CCCN2C(=O)C(C(C)C)n2cc(-c3cccnc3)cn2)cc1. The number of nitrogens with one attached hydrogen (secondary N) is 1. The average Bonchev–Trinajstić information content (AvgIpc) is 3.70. The number of amides is 2. The van der Waals surface area contributed by atoms with Crippen LogP contribution in [0.1, 0.15) is 57.0 Å². The van der Waals surface area contributed by atoms with Crippen LogP contribution in [0, 0.1) is 12.8 Å². The van der Waals surface area contributed by atoms with E-state index in [0.29, 0.717) is 13.0 Å². The number of rotatable bonds is 8. The van der Waals surface area contributed by atoms with Gasteiger partial charge < -0.3 is 10.2 Å². The van der Waals surface area contributed by atoms with Crippen molar-refractivity contribution in [2.75, 3.05) is 6.54 Å². The van der Waals surface area contributed by atoms with E-state index in [-0.39, 0.29) is 23.8 Å². The lowest BCUT2D eigenvalue weighted by atomic mass is 10.0. The summed E-state index contributed by atoms with van der Waals surface area (Å²) in [4.78, 5) is 38.7. The molecule has 1 fully saturated rings. The van der Waals surface area contributed by atoms with E-state index in [1.54, 1.807) is 39.5 Å². The first-order valence-corrected chi connectivity index (χ1v) is 14.3. The monoisotopic (exact) mass is 542 g/mol. The van der Waals surface area contributed by atoms with Crippen molar-refractivity contribution < 1.29 is 9.59 Å². The summed E-state index contributed by atoms with van der Waals surface area (Å²) in [5.41, 5.74) is 6.86. The minimum Gasteiger partial charge on any atom is -0.348 e. The van der Waals surface area contributed by atoms with Gasteiger partial charge in [-0.3, -0.25) is 19.3 Å². The number of nitrogens with zero attached hydrogens (tertiary/aromatic N) is 5. The average molecular weight is 543 g/mol. The quantitative estimate of drug-likeness (QED) is 0.320. The standard InChI is InChI=1S/C30H34N6O2S/c1-19(2)27(36-17-25(16-33-36)24-7-5-13-31-15-24)30(38)35-14-6-8-26(35)29(37)34-20(3)22-9-11-23(12-10-22)28-21(4)32-18-39-28/h5,7,9-13,15-20,26-27H,6,8,14H2,1-4H3,(H,34,37)/t20-,26-,27?/m0/s1. The van der Waals surface area contributed by atoms with E-state index < -0.39 is 12.1 Å². The van der Waals surface area contributed by atoms with Crippen LogP contribution in [0.3, 0.4) is 0 Å². The Hall–Kier alpha value is -3.85. The lowest BCUT2D eigenvalue weighted by Gasteiger charge is -2.30. The molecule has 1 aliphatic heterocycles. The molecule has 39 heavy (non-hydrogen) atoms. The van der Waals surface area contributed by atoms with Gasteiger partial charge >= 0.3 is 0 Å². The van der Waals surface area contributed by atoms with Crippen LogP contribution in [0.4, 0.5) is 0 Å². The Morgan fingerprint density at radius 3 is 2.51 bits per heavy atom. The topological polar surface area (TPSA) is 93.0 Å². The molecule has 3 atom stereocenters. The number of aromatic nitrogens is 4. The van der Waals surface area contributed by atoms with Crippen LogP contribution < -0.4 is 5.32 Å². The molecular formula is C30H34N6O2S. The van der Waals surface area contributed by atoms with Crippen molar-refractivity contribution in [2.45, 2.75) is 58.7 Å². The molecule has 1 unspecified atom stereocenters. The van der Waals surface area contributed by atoms with Crippen LogP contribution in [0.15, 0.2) is 66.7 Å². The van der Waals surface area contributed by atoms with Gasteiger partial charge in [-0.1, -0.05) is 44.2 Å². The Bertz CT molecular complexity index is 1430. The Morgan fingerprint density at radius 2 is 1.85 bits per heavy atom. The van der Waals surface area contributed by atoms with Gasteiger partial charge in [0, 0.05) is 36.3 Å². The first-order chi connectivity index (χ1) is 18.8. The second-order valence-electron chi connectivity index (χ2n) is 10.4. The van der Waals surface area contributed by atoms with E-state index in [9.17, 15) is 9.59 Å². The molecule has 3 aromatic heterocycles. The number of carbonyl (C=O) groups is 2. The second-order valence-corrected chi connectivity index (χ2v) is 11.3. The molecule has 0 bridgehead atoms. The fourth-order valence-electron chi connectivity index (χ4n) is 5.24. The fourth-order valence-corrected chi connectivity index (χ4v) is 6.06. The molecule has 0 saturated carbocycles. The van der Waals surface area contributed by atoms with E-state index >= 15 is 0 Å². The Labute approximate surface area is 233 Å². The Balaban J connectivity index is 1.28. The summed E-state index contributed by atoms with van der Waals surface area (Å²) in [6, 6.07) is 10.9. The number of carbonyl (C=O) groups excluding carboxylic acids is 2. The number of benzene rings is 1. The summed E-state index contributed by atoms with van der Waals surface area (Å²) < 4.78 is 1.73. The van der Waals surface area contributed by atoms with Crippen LogP contribution >= 0.6 is 11.3 Å². The lowest BCUT2D eigenvalue weighted by Crippen LogP contribution is -2.49. The highest BCUT2D eigenvalue weighted by Gasteiger charge is 2.39. The molecule has 202 valence electrons. The van der Waals surface area contributed by atoms with Gasteiger partial charge in [-0.05, 0) is 49.8 Å². The summed E-state index contributed by atoms with van der Waals surface area (Å²) in [5.74, 6) is -0.182. The molecule has 8 nitrogen and oxygen atoms in total. The second kappa shape index (κ2) is 11.5. The third kappa shape index (κ3) is 5.63. The maximum Gasteiger partial charge on any atom is 0.248 e. The van der Waals surface area contributed by atoms with E-state index in [1.165, 1.54) is 0 Å². The van der Waals surface area contributed by atoms with Gasteiger partial charge in [0.25, 0.3) is 0 Å². The van der Waals surface area contributed by atoms with Crippen molar-refractivity contribution in [3.8, 4) is 21.6 Å². The zero-order chi connectivity index (χ0) is 27.5. The molecule has 0 radical (unpaired) electrons. The largest absolute Gasteiger partial charge is 0.348 e. The van der Waals surface area contributed by atoms with Crippen molar-refractivity contribution >= 4 is 23.2 Å². The molecule has 4 aromatic rings. The van der Waals surface area contributed by atoms with Gasteiger partial charge in [-0.15, -0.1) is 11.3 Å². The minimum absolute atomic E-state index is 0.00285. The maximum atomic E-state index is 13.8. The molecule has 0 spiro atoms. The number of likely N-dealkylation sites (tertiary alicyclic amines) is 1. The Morgan fingerprint density at radius 1 is 1.05 bits per heavy atom. The summed E-state index contributed by atoms with van der Waals surface area (Å²) in [5, 5.41) is 7.68. The molecule has 0 aliphatic carbocycles. The first-order valence-electron chi connectivity index (χ1n) is 13.4. The fraction of sp³-hybridized carbons (Fsp3) is 0.367. The van der Waals surface area contributed by atoms with Crippen molar-refractivity contribution in [3.05, 3.63) is 78.0 Å². The summed E-state index contributed by atoms with van der Waals surface area (Å²) in [7, 11) is 0. The Kier molecular flexibility index (Phi) is 7.88. The van der Waals surface area contributed by atoms with Gasteiger partial charge in [0.05, 0.1) is 28.3 Å². The zero-order valence-corrected chi connectivity index (χ0v) is 23.6. The van der Waals surface area contributed by atoms with Crippen LogP contribution in [0.25, 0.3) is 21.6 Å². The molecule has 5 rings (SSSR count). The van der Waals surface area contributed by atoms with Crippen LogP contribution in [0.5, 0.6) is 0 Å². The van der Waals surface area contributed by atoms with E-state index in [4.69, 9.17) is 0 Å². The lowest BCUT2D eigenvalue weighted by molar-refractivity contribution is -0.142. The predicted octanol–water partition coefficient (Wildman–Crippen LogP) is 5.44. The van der Waals surface area contributed by atoms with Crippen LogP contribution in [-0.2, 0) is 9.59 Å². The third-order valence-corrected chi connectivity index (χ3v) is 8.36. The number of pyridine rings is 1. The van der Waals surface area contributed by atoms with Crippen LogP contribution in [0.2, 0.25) is 0 Å². The molecule has 4 heterocycles. The number of hydrogen-bond donors (Lipinski definition) is 1. The van der Waals surface area contributed by atoms with E-state index in [2.05, 4.69) is 32.5 Å². The molecule has 9 heteroatoms. The number of aryl methyl sites for hydroxylation is 1. The first kappa shape index (κ1) is 26.7. The van der Waals surface area contributed by atoms with Crippen molar-refractivity contribution in [3.63, 3.8) is 0 Å².